The van der Waals surface area contributed by atoms with E-state index in [1.165, 1.54) is 31.2 Å². The Balaban J connectivity index is 1.63. The van der Waals surface area contributed by atoms with Gasteiger partial charge in [0.15, 0.2) is 0 Å². The molecular formula is C15H22N2O. The van der Waals surface area contributed by atoms with E-state index >= 15 is 0 Å². The Morgan fingerprint density at radius 1 is 1.28 bits per heavy atom. The van der Waals surface area contributed by atoms with Crippen LogP contribution in [0.2, 0.25) is 0 Å². The summed E-state index contributed by atoms with van der Waals surface area (Å²) >= 11 is 0. The highest BCUT2D eigenvalue weighted by Crippen LogP contribution is 2.29. The zero-order valence-electron chi connectivity index (χ0n) is 11.0. The van der Waals surface area contributed by atoms with Gasteiger partial charge in [0.1, 0.15) is 5.75 Å². The Labute approximate surface area is 109 Å². The normalized spacial score (nSPS) is 30.9. The molecule has 2 bridgehead atoms. The largest absolute Gasteiger partial charge is 0.508 e. The van der Waals surface area contributed by atoms with Crippen molar-refractivity contribution in [2.75, 3.05) is 7.05 Å². The summed E-state index contributed by atoms with van der Waals surface area (Å²) < 4.78 is 0. The maximum absolute atomic E-state index is 9.50. The molecule has 2 fully saturated rings. The van der Waals surface area contributed by atoms with Gasteiger partial charge in [0.2, 0.25) is 0 Å². The van der Waals surface area contributed by atoms with Gasteiger partial charge in [-0.15, -0.1) is 0 Å². The van der Waals surface area contributed by atoms with Gasteiger partial charge in [0.05, 0.1) is 0 Å². The minimum absolute atomic E-state index is 0.367. The van der Waals surface area contributed by atoms with E-state index in [1.807, 2.05) is 12.1 Å². The minimum atomic E-state index is 0.367. The number of aromatic hydroxyl groups is 1. The van der Waals surface area contributed by atoms with Crippen molar-refractivity contribution in [3.8, 4) is 5.75 Å². The molecule has 2 atom stereocenters. The summed E-state index contributed by atoms with van der Waals surface area (Å²) in [6.45, 7) is 0.929. The van der Waals surface area contributed by atoms with Gasteiger partial charge in [0.25, 0.3) is 0 Å². The Morgan fingerprint density at radius 2 is 2.00 bits per heavy atom. The average Bonchev–Trinajstić information content (AvgIpc) is 2.68. The number of phenols is 1. The zero-order valence-corrected chi connectivity index (χ0v) is 11.0. The third-order valence-corrected chi connectivity index (χ3v) is 4.41. The molecule has 0 spiro atoms. The van der Waals surface area contributed by atoms with E-state index in [2.05, 4.69) is 23.3 Å². The van der Waals surface area contributed by atoms with E-state index < -0.39 is 0 Å². The third-order valence-electron chi connectivity index (χ3n) is 4.41. The van der Waals surface area contributed by atoms with Gasteiger partial charge in [0, 0.05) is 24.7 Å². The molecular weight excluding hydrogens is 224 g/mol. The standard InChI is InChI=1S/C15H22N2O/c1-17(10-11-3-2-4-15(18)7-11)14-8-12-5-6-13(9-14)16-12/h2-4,7,12-14,16,18H,5-6,8-10H2,1H3. The van der Waals surface area contributed by atoms with Crippen molar-refractivity contribution in [2.45, 2.75) is 50.4 Å². The molecule has 0 radical (unpaired) electrons. The predicted octanol–water partition coefficient (Wildman–Crippen LogP) is 2.11. The van der Waals surface area contributed by atoms with Crippen LogP contribution < -0.4 is 5.32 Å². The first-order valence-corrected chi connectivity index (χ1v) is 6.95. The lowest BCUT2D eigenvalue weighted by Gasteiger charge is -2.35. The van der Waals surface area contributed by atoms with Crippen LogP contribution in [0.1, 0.15) is 31.2 Å². The highest BCUT2D eigenvalue weighted by Gasteiger charge is 2.34. The van der Waals surface area contributed by atoms with Gasteiger partial charge in [-0.2, -0.15) is 0 Å². The van der Waals surface area contributed by atoms with E-state index in [-0.39, 0.29) is 0 Å². The van der Waals surface area contributed by atoms with Gasteiger partial charge in [-0.1, -0.05) is 12.1 Å². The first-order chi connectivity index (χ1) is 8.70. The molecule has 2 aliphatic rings. The zero-order chi connectivity index (χ0) is 12.5. The summed E-state index contributed by atoms with van der Waals surface area (Å²) in [6, 6.07) is 9.77. The van der Waals surface area contributed by atoms with Gasteiger partial charge in [-0.05, 0) is 50.4 Å². The van der Waals surface area contributed by atoms with Crippen LogP contribution in [0.5, 0.6) is 5.75 Å². The smallest absolute Gasteiger partial charge is 0.115 e. The van der Waals surface area contributed by atoms with Gasteiger partial charge >= 0.3 is 0 Å². The minimum Gasteiger partial charge on any atom is -0.508 e. The molecule has 1 aromatic carbocycles. The molecule has 2 N–H and O–H groups in total. The Bertz CT molecular complexity index is 409. The van der Waals surface area contributed by atoms with Crippen LogP contribution in [-0.2, 0) is 6.54 Å². The first-order valence-electron chi connectivity index (χ1n) is 6.95. The Morgan fingerprint density at radius 3 is 2.67 bits per heavy atom. The SMILES string of the molecule is CN(Cc1cccc(O)c1)C1CC2CCC(C1)N2. The van der Waals surface area contributed by atoms with E-state index in [9.17, 15) is 5.11 Å². The monoisotopic (exact) mass is 246 g/mol. The molecule has 2 aliphatic heterocycles. The molecule has 2 unspecified atom stereocenters. The fraction of sp³-hybridized carbons (Fsp3) is 0.600. The summed E-state index contributed by atoms with van der Waals surface area (Å²) in [7, 11) is 2.21. The number of piperidine rings is 1. The topological polar surface area (TPSA) is 35.5 Å². The summed E-state index contributed by atoms with van der Waals surface area (Å²) in [5.74, 6) is 0.367. The molecule has 2 saturated heterocycles. The van der Waals surface area contributed by atoms with E-state index in [4.69, 9.17) is 0 Å². The number of fused-ring (bicyclic) bond motifs is 2. The summed E-state index contributed by atoms with van der Waals surface area (Å²) in [5.41, 5.74) is 1.20. The highest BCUT2D eigenvalue weighted by molar-refractivity contribution is 5.27. The summed E-state index contributed by atoms with van der Waals surface area (Å²) in [4.78, 5) is 2.45. The maximum atomic E-state index is 9.50. The van der Waals surface area contributed by atoms with Crippen molar-refractivity contribution in [2.24, 2.45) is 0 Å². The van der Waals surface area contributed by atoms with Crippen molar-refractivity contribution in [1.29, 1.82) is 0 Å². The lowest BCUT2D eigenvalue weighted by atomic mass is 9.98. The fourth-order valence-corrected chi connectivity index (χ4v) is 3.46. The van der Waals surface area contributed by atoms with Crippen LogP contribution >= 0.6 is 0 Å². The molecule has 1 aromatic rings. The number of phenolic OH excluding ortho intramolecular Hbond substituents is 1. The molecule has 2 heterocycles. The van der Waals surface area contributed by atoms with E-state index in [0.717, 1.165) is 18.6 Å². The van der Waals surface area contributed by atoms with Crippen LogP contribution in [0.15, 0.2) is 24.3 Å². The number of hydrogen-bond donors (Lipinski definition) is 2. The van der Waals surface area contributed by atoms with Crippen LogP contribution in [0, 0.1) is 0 Å². The molecule has 3 heteroatoms. The number of hydrogen-bond acceptors (Lipinski definition) is 3. The number of rotatable bonds is 3. The molecule has 0 saturated carbocycles. The second-order valence-electron chi connectivity index (χ2n) is 5.85. The Hall–Kier alpha value is -1.06. The molecule has 98 valence electrons. The molecule has 3 rings (SSSR count). The van der Waals surface area contributed by atoms with Gasteiger partial charge in [-0.25, -0.2) is 0 Å². The molecule has 0 aliphatic carbocycles. The maximum Gasteiger partial charge on any atom is 0.115 e. The van der Waals surface area contributed by atoms with Crippen molar-refractivity contribution in [3.63, 3.8) is 0 Å². The Kier molecular flexibility index (Phi) is 3.27. The van der Waals surface area contributed by atoms with E-state index in [1.54, 1.807) is 6.07 Å². The molecule has 0 aromatic heterocycles. The molecule has 18 heavy (non-hydrogen) atoms. The lowest BCUT2D eigenvalue weighted by Crippen LogP contribution is -2.46. The van der Waals surface area contributed by atoms with Crippen molar-refractivity contribution >= 4 is 0 Å². The van der Waals surface area contributed by atoms with Crippen molar-refractivity contribution < 1.29 is 5.11 Å². The van der Waals surface area contributed by atoms with Crippen LogP contribution in [0.25, 0.3) is 0 Å². The van der Waals surface area contributed by atoms with Crippen molar-refractivity contribution in [3.05, 3.63) is 29.8 Å². The quantitative estimate of drug-likeness (QED) is 0.857. The lowest BCUT2D eigenvalue weighted by molar-refractivity contribution is 0.166. The number of nitrogens with one attached hydrogen (secondary N) is 1. The van der Waals surface area contributed by atoms with Gasteiger partial charge in [-0.3, -0.25) is 4.90 Å². The van der Waals surface area contributed by atoms with Crippen molar-refractivity contribution in [1.82, 2.24) is 10.2 Å². The number of benzene rings is 1. The van der Waals surface area contributed by atoms with Crippen LogP contribution in [0.4, 0.5) is 0 Å². The predicted molar refractivity (Wildman–Crippen MR) is 72.5 cm³/mol. The first kappa shape index (κ1) is 12.0. The van der Waals surface area contributed by atoms with E-state index in [0.29, 0.717) is 11.8 Å². The van der Waals surface area contributed by atoms with Crippen LogP contribution in [0.3, 0.4) is 0 Å². The number of nitrogens with zero attached hydrogens (tertiary/aromatic N) is 1. The second kappa shape index (κ2) is 4.90. The average molecular weight is 246 g/mol. The molecule has 3 nitrogen and oxygen atoms in total. The summed E-state index contributed by atoms with van der Waals surface area (Å²) in [5, 5.41) is 13.2. The summed E-state index contributed by atoms with van der Waals surface area (Å²) in [6.07, 6.45) is 5.24. The van der Waals surface area contributed by atoms with Crippen LogP contribution in [-0.4, -0.2) is 35.2 Å². The second-order valence-corrected chi connectivity index (χ2v) is 5.85. The third kappa shape index (κ3) is 2.52. The molecule has 0 amide bonds. The van der Waals surface area contributed by atoms with Gasteiger partial charge < -0.3 is 10.4 Å². The fourth-order valence-electron chi connectivity index (χ4n) is 3.46. The highest BCUT2D eigenvalue weighted by atomic mass is 16.3.